The summed E-state index contributed by atoms with van der Waals surface area (Å²) in [5.41, 5.74) is 0.0375. The van der Waals surface area contributed by atoms with Crippen molar-refractivity contribution in [3.8, 4) is 0 Å². The van der Waals surface area contributed by atoms with Crippen molar-refractivity contribution in [3.63, 3.8) is 0 Å². The number of hydrogen-bond acceptors (Lipinski definition) is 3. The van der Waals surface area contributed by atoms with E-state index in [9.17, 15) is 13.2 Å². The Balaban J connectivity index is 2.62. The third kappa shape index (κ3) is 3.95. The largest absolute Gasteiger partial charge is 0.338 e. The molecule has 0 radical (unpaired) electrons. The highest BCUT2D eigenvalue weighted by molar-refractivity contribution is 7.89. The van der Waals surface area contributed by atoms with Crippen LogP contribution in [0.1, 0.15) is 40.5 Å². The van der Waals surface area contributed by atoms with Gasteiger partial charge >= 0.3 is 0 Å². The van der Waals surface area contributed by atoms with Gasteiger partial charge in [0.15, 0.2) is 0 Å². The Hall–Kier alpha value is -0.620. The van der Waals surface area contributed by atoms with E-state index in [1.165, 1.54) is 0 Å². The first-order valence-corrected chi connectivity index (χ1v) is 8.09. The minimum atomic E-state index is -3.29. The van der Waals surface area contributed by atoms with E-state index in [2.05, 4.69) is 25.5 Å². The Morgan fingerprint density at radius 3 is 2.50 bits per heavy atom. The van der Waals surface area contributed by atoms with E-state index in [-0.39, 0.29) is 29.7 Å². The minimum Gasteiger partial charge on any atom is -0.338 e. The molecule has 5 nitrogen and oxygen atoms in total. The maximum absolute atomic E-state index is 12.1. The maximum Gasteiger partial charge on any atom is 0.237 e. The first-order valence-electron chi connectivity index (χ1n) is 6.44. The van der Waals surface area contributed by atoms with Crippen molar-refractivity contribution < 1.29 is 13.2 Å². The number of carbonyl (C=O) groups is 1. The van der Waals surface area contributed by atoms with Gasteiger partial charge in [-0.25, -0.2) is 13.1 Å². The Kier molecular flexibility index (Phi) is 4.78. The minimum absolute atomic E-state index is 0.00296. The highest BCUT2D eigenvalue weighted by atomic mass is 32.2. The molecule has 0 aromatic rings. The molecule has 0 aromatic heterocycles. The van der Waals surface area contributed by atoms with Crippen LogP contribution in [0.15, 0.2) is 0 Å². The smallest absolute Gasteiger partial charge is 0.237 e. The predicted molar refractivity (Wildman–Crippen MR) is 71.7 cm³/mol. The monoisotopic (exact) mass is 276 g/mol. The summed E-state index contributed by atoms with van der Waals surface area (Å²) >= 11 is 0. The van der Waals surface area contributed by atoms with Crippen molar-refractivity contribution >= 4 is 15.9 Å². The average molecular weight is 276 g/mol. The van der Waals surface area contributed by atoms with E-state index in [0.29, 0.717) is 0 Å². The number of likely N-dealkylation sites (tertiary alicyclic amines) is 1. The maximum atomic E-state index is 12.1. The van der Waals surface area contributed by atoms with E-state index in [1.54, 1.807) is 6.92 Å². The lowest BCUT2D eigenvalue weighted by Gasteiger charge is -2.35. The molecule has 0 aliphatic carbocycles. The number of carbonyl (C=O) groups excluding carboxylic acids is 1. The second-order valence-corrected chi connectivity index (χ2v) is 7.93. The zero-order chi connectivity index (χ0) is 14.0. The van der Waals surface area contributed by atoms with E-state index < -0.39 is 10.0 Å². The molecule has 106 valence electrons. The molecule has 0 spiro atoms. The lowest BCUT2D eigenvalue weighted by molar-refractivity contribution is -0.132. The van der Waals surface area contributed by atoms with Crippen molar-refractivity contribution in [1.82, 2.24) is 9.62 Å². The highest BCUT2D eigenvalue weighted by Crippen LogP contribution is 2.32. The van der Waals surface area contributed by atoms with Crippen molar-refractivity contribution in [2.75, 3.05) is 18.8 Å². The number of sulfonamides is 1. The van der Waals surface area contributed by atoms with Crippen LogP contribution in [0.4, 0.5) is 0 Å². The average Bonchev–Trinajstić information content (AvgIpc) is 2.74. The number of nitrogens with zero attached hydrogens (tertiary/aromatic N) is 1. The first kappa shape index (κ1) is 15.4. The Morgan fingerprint density at radius 2 is 2.00 bits per heavy atom. The van der Waals surface area contributed by atoms with Gasteiger partial charge in [-0.1, -0.05) is 20.8 Å². The lowest BCUT2D eigenvalue weighted by atomic mass is 9.85. The van der Waals surface area contributed by atoms with E-state index in [1.807, 2.05) is 4.90 Å². The number of rotatable bonds is 4. The topological polar surface area (TPSA) is 66.5 Å². The molecule has 18 heavy (non-hydrogen) atoms. The van der Waals surface area contributed by atoms with Gasteiger partial charge in [0, 0.05) is 12.6 Å². The summed E-state index contributed by atoms with van der Waals surface area (Å²) in [6.07, 6.45) is 1.99. The van der Waals surface area contributed by atoms with Gasteiger partial charge in [-0.2, -0.15) is 0 Å². The second-order valence-electron chi connectivity index (χ2n) is 5.84. The van der Waals surface area contributed by atoms with Gasteiger partial charge in [0.2, 0.25) is 15.9 Å². The molecule has 1 atom stereocenters. The van der Waals surface area contributed by atoms with Gasteiger partial charge in [0.1, 0.15) is 0 Å². The quantitative estimate of drug-likeness (QED) is 0.832. The number of nitrogens with one attached hydrogen (secondary N) is 1. The normalized spacial score (nSPS) is 21.3. The van der Waals surface area contributed by atoms with Gasteiger partial charge in [-0.05, 0) is 25.2 Å². The fourth-order valence-electron chi connectivity index (χ4n) is 2.34. The van der Waals surface area contributed by atoms with Crippen molar-refractivity contribution in [3.05, 3.63) is 0 Å². The Bertz CT molecular complexity index is 398. The zero-order valence-electron chi connectivity index (χ0n) is 11.7. The van der Waals surface area contributed by atoms with Crippen molar-refractivity contribution in [1.29, 1.82) is 0 Å². The molecule has 1 aliphatic heterocycles. The van der Waals surface area contributed by atoms with Gasteiger partial charge < -0.3 is 4.90 Å². The van der Waals surface area contributed by atoms with Crippen LogP contribution in [0.5, 0.6) is 0 Å². The molecule has 1 unspecified atom stereocenters. The van der Waals surface area contributed by atoms with Crippen LogP contribution in [0.2, 0.25) is 0 Å². The summed E-state index contributed by atoms with van der Waals surface area (Å²) < 4.78 is 25.0. The zero-order valence-corrected chi connectivity index (χ0v) is 12.5. The summed E-state index contributed by atoms with van der Waals surface area (Å²) in [6, 6.07) is 0.205. The van der Waals surface area contributed by atoms with Crippen LogP contribution in [0, 0.1) is 5.41 Å². The van der Waals surface area contributed by atoms with Gasteiger partial charge in [0.25, 0.3) is 0 Å². The third-order valence-corrected chi connectivity index (χ3v) is 4.74. The molecule has 1 fully saturated rings. The second kappa shape index (κ2) is 5.57. The van der Waals surface area contributed by atoms with E-state index >= 15 is 0 Å². The summed E-state index contributed by atoms with van der Waals surface area (Å²) in [5.74, 6) is -0.118. The SMILES string of the molecule is CCS(=O)(=O)NCC(=O)N1CCCC1C(C)(C)C. The standard InChI is InChI=1S/C12H24N2O3S/c1-5-18(16,17)13-9-11(15)14-8-6-7-10(14)12(2,3)4/h10,13H,5-9H2,1-4H3. The van der Waals surface area contributed by atoms with Gasteiger partial charge in [-0.15, -0.1) is 0 Å². The molecule has 1 aliphatic rings. The number of amides is 1. The van der Waals surface area contributed by atoms with Crippen LogP contribution in [-0.2, 0) is 14.8 Å². The molecule has 1 rings (SSSR count). The number of hydrogen-bond donors (Lipinski definition) is 1. The highest BCUT2D eigenvalue weighted by Gasteiger charge is 2.36. The molecule has 1 heterocycles. The molecule has 6 heteroatoms. The van der Waals surface area contributed by atoms with Crippen LogP contribution < -0.4 is 4.72 Å². The van der Waals surface area contributed by atoms with Crippen molar-refractivity contribution in [2.45, 2.75) is 46.6 Å². The molecule has 1 saturated heterocycles. The van der Waals surface area contributed by atoms with E-state index in [4.69, 9.17) is 0 Å². The van der Waals surface area contributed by atoms with Crippen LogP contribution in [-0.4, -0.2) is 44.1 Å². The third-order valence-electron chi connectivity index (χ3n) is 3.40. The predicted octanol–water partition coefficient (Wildman–Crippen LogP) is 0.963. The fourth-order valence-corrected chi connectivity index (χ4v) is 2.89. The van der Waals surface area contributed by atoms with Gasteiger partial charge in [0.05, 0.1) is 12.3 Å². The van der Waals surface area contributed by atoms with Crippen molar-refractivity contribution in [2.24, 2.45) is 5.41 Å². The van der Waals surface area contributed by atoms with E-state index in [0.717, 1.165) is 19.4 Å². The van der Waals surface area contributed by atoms with Crippen LogP contribution >= 0.6 is 0 Å². The molecule has 1 N–H and O–H groups in total. The lowest BCUT2D eigenvalue weighted by Crippen LogP contribution is -2.47. The molecular formula is C12H24N2O3S. The van der Waals surface area contributed by atoms with Gasteiger partial charge in [-0.3, -0.25) is 4.79 Å². The Labute approximate surface area is 110 Å². The van der Waals surface area contributed by atoms with Crippen LogP contribution in [0.25, 0.3) is 0 Å². The molecular weight excluding hydrogens is 252 g/mol. The molecule has 1 amide bonds. The summed E-state index contributed by atoms with van der Waals surface area (Å²) in [6.45, 7) is 8.50. The molecule has 0 saturated carbocycles. The van der Waals surface area contributed by atoms with Crippen LogP contribution in [0.3, 0.4) is 0 Å². The first-order chi connectivity index (χ1) is 8.17. The molecule has 0 aromatic carbocycles. The summed E-state index contributed by atoms with van der Waals surface area (Å²) in [4.78, 5) is 13.9. The molecule has 0 bridgehead atoms. The summed E-state index contributed by atoms with van der Waals surface area (Å²) in [7, 11) is -3.29. The fraction of sp³-hybridized carbons (Fsp3) is 0.917. The summed E-state index contributed by atoms with van der Waals surface area (Å²) in [5, 5.41) is 0. The Morgan fingerprint density at radius 1 is 1.39 bits per heavy atom.